The highest BCUT2D eigenvalue weighted by Crippen LogP contribution is 2.13. The first-order valence-corrected chi connectivity index (χ1v) is 4.39. The van der Waals surface area contributed by atoms with Crippen molar-refractivity contribution in [3.05, 3.63) is 12.3 Å². The van der Waals surface area contributed by atoms with E-state index in [-0.39, 0.29) is 0 Å². The Bertz CT molecular complexity index is 136. The van der Waals surface area contributed by atoms with Gasteiger partial charge in [0.05, 0.1) is 26.3 Å². The maximum Gasteiger partial charge on any atom is 0.0979 e. The third kappa shape index (κ3) is 3.57. The zero-order valence-corrected chi connectivity index (χ0v) is 8.65. The summed E-state index contributed by atoms with van der Waals surface area (Å²) < 4.78 is 0.953. The molecule has 0 spiro atoms. The highest BCUT2D eigenvalue weighted by Gasteiger charge is 2.18. The monoisotopic (exact) mass is 156 g/mol. The van der Waals surface area contributed by atoms with E-state index in [1.165, 1.54) is 18.7 Å². The van der Waals surface area contributed by atoms with Gasteiger partial charge >= 0.3 is 0 Å². The lowest BCUT2D eigenvalue weighted by Crippen LogP contribution is -2.40. The standard InChI is InChI=1S/C10H22N/c1-7-10(4)8-11(5,6)9(2)3/h10H,2,7-8H2,1,3-6H3/q+1. The Morgan fingerprint density at radius 3 is 2.18 bits per heavy atom. The molecule has 0 N–H and O–H groups in total. The van der Waals surface area contributed by atoms with Gasteiger partial charge in [0, 0.05) is 12.8 Å². The highest BCUT2D eigenvalue weighted by atomic mass is 15.3. The van der Waals surface area contributed by atoms with E-state index in [1.807, 2.05) is 0 Å². The van der Waals surface area contributed by atoms with Gasteiger partial charge in [0.15, 0.2) is 0 Å². The molecule has 0 heterocycles. The number of quaternary nitrogens is 1. The van der Waals surface area contributed by atoms with Gasteiger partial charge in [0.1, 0.15) is 0 Å². The molecule has 0 aliphatic heterocycles. The Kier molecular flexibility index (Phi) is 3.81. The van der Waals surface area contributed by atoms with Crippen molar-refractivity contribution in [2.75, 3.05) is 20.6 Å². The molecule has 0 rings (SSSR count). The van der Waals surface area contributed by atoms with Crippen molar-refractivity contribution in [2.24, 2.45) is 5.92 Å². The molecular formula is C10H22N+. The zero-order valence-electron chi connectivity index (χ0n) is 8.65. The molecule has 0 aromatic rings. The van der Waals surface area contributed by atoms with E-state index in [1.54, 1.807) is 0 Å². The second-order valence-electron chi connectivity index (χ2n) is 4.12. The van der Waals surface area contributed by atoms with Crippen molar-refractivity contribution in [3.8, 4) is 0 Å². The average Bonchev–Trinajstić information content (AvgIpc) is 1.86. The van der Waals surface area contributed by atoms with E-state index in [9.17, 15) is 0 Å². The summed E-state index contributed by atoms with van der Waals surface area (Å²) in [5.41, 5.74) is 1.24. The smallest absolute Gasteiger partial charge is 0.0979 e. The van der Waals surface area contributed by atoms with Gasteiger partial charge in [-0.05, 0) is 13.0 Å². The highest BCUT2D eigenvalue weighted by molar-refractivity contribution is 4.75. The van der Waals surface area contributed by atoms with Crippen molar-refractivity contribution in [2.45, 2.75) is 27.2 Å². The summed E-state index contributed by atoms with van der Waals surface area (Å²) in [7, 11) is 4.43. The first-order chi connectivity index (χ1) is 4.90. The van der Waals surface area contributed by atoms with Crippen LogP contribution in [0.15, 0.2) is 12.3 Å². The Balaban J connectivity index is 4.01. The number of allylic oxidation sites excluding steroid dienone is 1. The van der Waals surface area contributed by atoms with Gasteiger partial charge < -0.3 is 4.48 Å². The van der Waals surface area contributed by atoms with Gasteiger partial charge in [-0.15, -0.1) is 0 Å². The first-order valence-electron chi connectivity index (χ1n) is 4.39. The van der Waals surface area contributed by atoms with Gasteiger partial charge in [-0.1, -0.05) is 13.8 Å². The number of nitrogens with zero attached hydrogens (tertiary/aromatic N) is 1. The van der Waals surface area contributed by atoms with Crippen LogP contribution in [0.3, 0.4) is 0 Å². The van der Waals surface area contributed by atoms with Crippen LogP contribution in [0.5, 0.6) is 0 Å². The van der Waals surface area contributed by atoms with Crippen LogP contribution in [0.25, 0.3) is 0 Å². The second-order valence-corrected chi connectivity index (χ2v) is 4.12. The molecule has 1 heteroatoms. The summed E-state index contributed by atoms with van der Waals surface area (Å²) >= 11 is 0. The molecule has 66 valence electrons. The van der Waals surface area contributed by atoms with Crippen LogP contribution in [0.4, 0.5) is 0 Å². The van der Waals surface area contributed by atoms with Crippen LogP contribution in [-0.2, 0) is 0 Å². The van der Waals surface area contributed by atoms with Crippen molar-refractivity contribution in [3.63, 3.8) is 0 Å². The topological polar surface area (TPSA) is 0 Å². The van der Waals surface area contributed by atoms with Crippen molar-refractivity contribution < 1.29 is 4.48 Å². The Morgan fingerprint density at radius 1 is 1.45 bits per heavy atom. The fraction of sp³-hybridized carbons (Fsp3) is 0.800. The van der Waals surface area contributed by atoms with Crippen molar-refractivity contribution >= 4 is 0 Å². The molecule has 0 aliphatic carbocycles. The minimum atomic E-state index is 0.793. The lowest BCUT2D eigenvalue weighted by molar-refractivity contribution is -0.855. The number of rotatable bonds is 4. The molecule has 0 saturated carbocycles. The Labute approximate surface area is 71.3 Å². The fourth-order valence-electron chi connectivity index (χ4n) is 1.06. The van der Waals surface area contributed by atoms with Crippen LogP contribution in [0, 0.1) is 5.92 Å². The van der Waals surface area contributed by atoms with Gasteiger partial charge in [0.2, 0.25) is 0 Å². The van der Waals surface area contributed by atoms with E-state index in [0.717, 1.165) is 10.4 Å². The molecule has 0 aromatic heterocycles. The third-order valence-corrected chi connectivity index (χ3v) is 2.50. The summed E-state index contributed by atoms with van der Waals surface area (Å²) in [6.07, 6.45) is 1.26. The molecule has 0 bridgehead atoms. The van der Waals surface area contributed by atoms with Crippen molar-refractivity contribution in [1.82, 2.24) is 0 Å². The molecule has 0 saturated heterocycles. The molecule has 1 nitrogen and oxygen atoms in total. The van der Waals surface area contributed by atoms with Crippen LogP contribution in [-0.4, -0.2) is 25.1 Å². The molecule has 0 amide bonds. The van der Waals surface area contributed by atoms with Gasteiger partial charge in [-0.3, -0.25) is 0 Å². The number of hydrogen-bond acceptors (Lipinski definition) is 0. The largest absolute Gasteiger partial charge is 0.300 e. The molecule has 1 atom stereocenters. The maximum atomic E-state index is 3.99. The van der Waals surface area contributed by atoms with Crippen LogP contribution in [0.2, 0.25) is 0 Å². The molecule has 0 fully saturated rings. The van der Waals surface area contributed by atoms with E-state index >= 15 is 0 Å². The third-order valence-electron chi connectivity index (χ3n) is 2.50. The van der Waals surface area contributed by atoms with Crippen molar-refractivity contribution in [1.29, 1.82) is 0 Å². The quantitative estimate of drug-likeness (QED) is 0.549. The van der Waals surface area contributed by atoms with Crippen LogP contribution >= 0.6 is 0 Å². The van der Waals surface area contributed by atoms with Gasteiger partial charge in [0.25, 0.3) is 0 Å². The van der Waals surface area contributed by atoms with E-state index in [2.05, 4.69) is 41.4 Å². The summed E-state index contributed by atoms with van der Waals surface area (Å²) in [5.74, 6) is 0.793. The maximum absolute atomic E-state index is 3.99. The summed E-state index contributed by atoms with van der Waals surface area (Å²) in [5, 5.41) is 0. The average molecular weight is 156 g/mol. The molecule has 0 aromatic carbocycles. The van der Waals surface area contributed by atoms with Gasteiger partial charge in [-0.2, -0.15) is 0 Å². The zero-order chi connectivity index (χ0) is 9.07. The predicted octanol–water partition coefficient (Wildman–Crippen LogP) is 2.64. The first kappa shape index (κ1) is 10.7. The SMILES string of the molecule is C=C(C)[N+](C)(C)CC(C)CC. The molecule has 11 heavy (non-hydrogen) atoms. The fourth-order valence-corrected chi connectivity index (χ4v) is 1.06. The minimum absolute atomic E-state index is 0.793. The van der Waals surface area contributed by atoms with Crippen LogP contribution in [0.1, 0.15) is 27.2 Å². The summed E-state index contributed by atoms with van der Waals surface area (Å²) in [4.78, 5) is 0. The predicted molar refractivity (Wildman–Crippen MR) is 51.2 cm³/mol. The van der Waals surface area contributed by atoms with E-state index in [4.69, 9.17) is 0 Å². The van der Waals surface area contributed by atoms with E-state index < -0.39 is 0 Å². The summed E-state index contributed by atoms with van der Waals surface area (Å²) in [6, 6.07) is 0. The Morgan fingerprint density at radius 2 is 1.91 bits per heavy atom. The van der Waals surface area contributed by atoms with Gasteiger partial charge in [-0.25, -0.2) is 0 Å². The Hall–Kier alpha value is -0.300. The van der Waals surface area contributed by atoms with Crippen LogP contribution < -0.4 is 0 Å². The normalized spacial score (nSPS) is 14.6. The molecule has 1 unspecified atom stereocenters. The lowest BCUT2D eigenvalue weighted by Gasteiger charge is -2.31. The molecular weight excluding hydrogens is 134 g/mol. The lowest BCUT2D eigenvalue weighted by atomic mass is 10.1. The number of hydrogen-bond donors (Lipinski definition) is 0. The molecule has 0 radical (unpaired) electrons. The second kappa shape index (κ2) is 3.91. The summed E-state index contributed by atoms with van der Waals surface area (Å²) in [6.45, 7) is 11.8. The van der Waals surface area contributed by atoms with E-state index in [0.29, 0.717) is 0 Å². The minimum Gasteiger partial charge on any atom is -0.300 e. The molecule has 0 aliphatic rings.